The molecule has 158 valence electrons. The molecular formula is C23H20F2N4O2. The van der Waals surface area contributed by atoms with Crippen LogP contribution in [0.15, 0.2) is 71.9 Å². The van der Waals surface area contributed by atoms with Gasteiger partial charge in [-0.1, -0.05) is 12.1 Å². The van der Waals surface area contributed by atoms with Crippen molar-refractivity contribution in [2.45, 2.75) is 13.5 Å². The minimum atomic E-state index is -0.941. The lowest BCUT2D eigenvalue weighted by molar-refractivity contribution is 0.402. The van der Waals surface area contributed by atoms with Gasteiger partial charge in [-0.05, 0) is 54.4 Å². The van der Waals surface area contributed by atoms with Gasteiger partial charge in [0.25, 0.3) is 0 Å². The van der Waals surface area contributed by atoms with Crippen molar-refractivity contribution in [2.75, 3.05) is 12.4 Å². The molecule has 0 saturated heterocycles. The minimum absolute atomic E-state index is 0.0472. The molecule has 4 aromatic rings. The molecule has 2 aromatic heterocycles. The summed E-state index contributed by atoms with van der Waals surface area (Å²) in [5.41, 5.74) is 2.60. The number of ether oxygens (including phenoxy) is 1. The number of nitrogens with zero attached hydrogens (tertiary/aromatic N) is 3. The number of anilines is 2. The van der Waals surface area contributed by atoms with Gasteiger partial charge in [-0.15, -0.1) is 0 Å². The van der Waals surface area contributed by atoms with Gasteiger partial charge < -0.3 is 19.2 Å². The van der Waals surface area contributed by atoms with E-state index in [1.807, 2.05) is 54.2 Å². The summed E-state index contributed by atoms with van der Waals surface area (Å²) in [6.45, 7) is 2.09. The van der Waals surface area contributed by atoms with E-state index in [0.717, 1.165) is 29.1 Å². The highest BCUT2D eigenvalue weighted by molar-refractivity contribution is 5.62. The van der Waals surface area contributed by atoms with E-state index in [-0.39, 0.29) is 18.2 Å². The molecule has 1 N–H and O–H groups in total. The lowest BCUT2D eigenvalue weighted by atomic mass is 10.1. The fraction of sp³-hybridized carbons (Fsp3) is 0.130. The molecule has 4 rings (SSSR count). The van der Waals surface area contributed by atoms with E-state index >= 15 is 0 Å². The van der Waals surface area contributed by atoms with Crippen molar-refractivity contribution in [3.05, 3.63) is 100 Å². The van der Waals surface area contributed by atoms with Gasteiger partial charge in [0.05, 0.1) is 19.9 Å². The molecule has 2 aromatic carbocycles. The molecule has 0 amide bonds. The molecule has 0 unspecified atom stereocenters. The Kier molecular flexibility index (Phi) is 5.53. The third-order valence-corrected chi connectivity index (χ3v) is 4.89. The summed E-state index contributed by atoms with van der Waals surface area (Å²) in [5, 5.41) is 3.20. The molecule has 6 nitrogen and oxygen atoms in total. The number of aromatic nitrogens is 3. The predicted octanol–water partition coefficient (Wildman–Crippen LogP) is 4.42. The largest absolute Gasteiger partial charge is 0.490 e. The van der Waals surface area contributed by atoms with E-state index in [4.69, 9.17) is 4.74 Å². The topological polar surface area (TPSA) is 61.1 Å². The minimum Gasteiger partial charge on any atom is -0.490 e. The zero-order chi connectivity index (χ0) is 22.0. The van der Waals surface area contributed by atoms with Crippen LogP contribution in [-0.2, 0) is 6.54 Å². The highest BCUT2D eigenvalue weighted by atomic mass is 19.2. The van der Waals surface area contributed by atoms with Gasteiger partial charge in [-0.3, -0.25) is 4.79 Å². The molecule has 2 heterocycles. The normalized spacial score (nSPS) is 10.8. The van der Waals surface area contributed by atoms with Crippen molar-refractivity contribution in [1.82, 2.24) is 14.1 Å². The van der Waals surface area contributed by atoms with Crippen molar-refractivity contribution < 1.29 is 13.5 Å². The molecule has 0 radical (unpaired) electrons. The Morgan fingerprint density at radius 3 is 2.55 bits per heavy atom. The summed E-state index contributed by atoms with van der Waals surface area (Å²) in [6, 6.07) is 13.4. The first-order valence-electron chi connectivity index (χ1n) is 9.55. The number of methoxy groups -OCH3 is 1. The van der Waals surface area contributed by atoms with Crippen LogP contribution in [0.3, 0.4) is 0 Å². The zero-order valence-corrected chi connectivity index (χ0v) is 17.0. The van der Waals surface area contributed by atoms with Crippen LogP contribution in [0.25, 0.3) is 5.69 Å². The predicted molar refractivity (Wildman–Crippen MR) is 114 cm³/mol. The van der Waals surface area contributed by atoms with Gasteiger partial charge in [-0.25, -0.2) is 8.78 Å². The van der Waals surface area contributed by atoms with Crippen molar-refractivity contribution in [3.63, 3.8) is 0 Å². The first-order chi connectivity index (χ1) is 14.9. The van der Waals surface area contributed by atoms with Crippen LogP contribution in [0, 0.1) is 18.6 Å². The summed E-state index contributed by atoms with van der Waals surface area (Å²) in [4.78, 5) is 16.4. The average molecular weight is 422 g/mol. The van der Waals surface area contributed by atoms with Gasteiger partial charge in [-0.2, -0.15) is 4.98 Å². The Hall–Kier alpha value is -3.94. The van der Waals surface area contributed by atoms with Crippen LogP contribution in [0.1, 0.15) is 11.1 Å². The Morgan fingerprint density at radius 2 is 1.84 bits per heavy atom. The summed E-state index contributed by atoms with van der Waals surface area (Å²) in [5.74, 6) is -1.56. The van der Waals surface area contributed by atoms with Gasteiger partial charge in [0.15, 0.2) is 11.6 Å². The molecule has 0 aliphatic rings. The lowest BCUT2D eigenvalue weighted by Crippen LogP contribution is -2.19. The molecule has 31 heavy (non-hydrogen) atoms. The molecule has 0 aliphatic carbocycles. The first-order valence-corrected chi connectivity index (χ1v) is 9.55. The second-order valence-electron chi connectivity index (χ2n) is 7.03. The summed E-state index contributed by atoms with van der Waals surface area (Å²) in [7, 11) is 1.37. The third-order valence-electron chi connectivity index (χ3n) is 4.89. The number of rotatable bonds is 6. The molecule has 8 heteroatoms. The fourth-order valence-electron chi connectivity index (χ4n) is 3.20. The highest BCUT2D eigenvalue weighted by Crippen LogP contribution is 2.24. The van der Waals surface area contributed by atoms with Crippen LogP contribution in [0.5, 0.6) is 5.75 Å². The van der Waals surface area contributed by atoms with E-state index in [1.165, 1.54) is 19.4 Å². The first kappa shape index (κ1) is 20.3. The van der Waals surface area contributed by atoms with Gasteiger partial charge >= 0.3 is 5.56 Å². The van der Waals surface area contributed by atoms with Gasteiger partial charge in [0.1, 0.15) is 0 Å². The van der Waals surface area contributed by atoms with Crippen LogP contribution in [0.4, 0.5) is 20.4 Å². The Morgan fingerprint density at radius 1 is 1.06 bits per heavy atom. The average Bonchev–Trinajstić information content (AvgIpc) is 3.29. The van der Waals surface area contributed by atoms with E-state index < -0.39 is 17.2 Å². The number of hydrogen-bond donors (Lipinski definition) is 1. The SMILES string of the molecule is COc1cn(Cc2ccc(F)c(F)c2)c(Nc2cc(-n3cccc3)ccc2C)nc1=O. The maximum Gasteiger partial charge on any atom is 0.316 e. The number of halogens is 2. The second-order valence-corrected chi connectivity index (χ2v) is 7.03. The molecule has 0 spiro atoms. The van der Waals surface area contributed by atoms with E-state index in [1.54, 1.807) is 4.57 Å². The molecule has 0 saturated carbocycles. The Labute approximate surface area is 177 Å². The van der Waals surface area contributed by atoms with Crippen molar-refractivity contribution in [1.29, 1.82) is 0 Å². The second kappa shape index (κ2) is 8.43. The van der Waals surface area contributed by atoms with Gasteiger partial charge in [0, 0.05) is 23.8 Å². The van der Waals surface area contributed by atoms with Crippen LogP contribution >= 0.6 is 0 Å². The summed E-state index contributed by atoms with van der Waals surface area (Å²) < 4.78 is 35.7. The number of aryl methyl sites for hydroxylation is 1. The molecule has 0 bridgehead atoms. The van der Waals surface area contributed by atoms with Crippen molar-refractivity contribution >= 4 is 11.6 Å². The van der Waals surface area contributed by atoms with Crippen molar-refractivity contribution in [2.24, 2.45) is 0 Å². The van der Waals surface area contributed by atoms with Crippen LogP contribution in [-0.4, -0.2) is 21.2 Å². The number of benzene rings is 2. The van der Waals surface area contributed by atoms with Crippen LogP contribution < -0.4 is 15.6 Å². The molecule has 0 aliphatic heterocycles. The molecule has 0 fully saturated rings. The Balaban J connectivity index is 1.74. The third kappa shape index (κ3) is 4.32. The number of hydrogen-bond acceptors (Lipinski definition) is 4. The van der Waals surface area contributed by atoms with E-state index in [0.29, 0.717) is 5.56 Å². The van der Waals surface area contributed by atoms with Gasteiger partial charge in [0.2, 0.25) is 11.7 Å². The summed E-state index contributed by atoms with van der Waals surface area (Å²) >= 11 is 0. The smallest absolute Gasteiger partial charge is 0.316 e. The quantitative estimate of drug-likeness (QED) is 0.500. The fourth-order valence-corrected chi connectivity index (χ4v) is 3.20. The molecular weight excluding hydrogens is 402 g/mol. The van der Waals surface area contributed by atoms with Crippen molar-refractivity contribution in [3.8, 4) is 11.4 Å². The maximum atomic E-state index is 13.7. The summed E-state index contributed by atoms with van der Waals surface area (Å²) in [6.07, 6.45) is 5.35. The number of nitrogens with one attached hydrogen (secondary N) is 1. The van der Waals surface area contributed by atoms with E-state index in [9.17, 15) is 13.6 Å². The standard InChI is InChI=1S/C23H20F2N4O2/c1-15-5-7-17(28-9-3-4-10-28)12-20(15)26-23-27-22(30)21(31-2)14-29(23)13-16-6-8-18(24)19(25)11-16/h3-12,14H,13H2,1-2H3,(H,26,27,30). The Bertz CT molecular complexity index is 1280. The van der Waals surface area contributed by atoms with Crippen LogP contribution in [0.2, 0.25) is 0 Å². The molecule has 0 atom stereocenters. The van der Waals surface area contributed by atoms with E-state index in [2.05, 4.69) is 10.3 Å². The zero-order valence-electron chi connectivity index (χ0n) is 17.0. The highest BCUT2D eigenvalue weighted by Gasteiger charge is 2.13. The maximum absolute atomic E-state index is 13.7. The lowest BCUT2D eigenvalue weighted by Gasteiger charge is -2.17. The monoisotopic (exact) mass is 422 g/mol.